The average molecular weight is 342 g/mol. The zero-order valence-electron chi connectivity index (χ0n) is 13.3. The second-order valence-corrected chi connectivity index (χ2v) is 6.66. The molecule has 0 aliphatic carbocycles. The lowest BCUT2D eigenvalue weighted by Crippen LogP contribution is -2.46. The maximum absolute atomic E-state index is 12.2. The number of nitrogens with one attached hydrogen (secondary N) is 4. The van der Waals surface area contributed by atoms with E-state index in [2.05, 4.69) is 20.7 Å². The first-order valence-corrected chi connectivity index (χ1v) is 8.57. The number of rotatable bonds is 8. The summed E-state index contributed by atoms with van der Waals surface area (Å²) in [5, 5.41) is 8.03. The summed E-state index contributed by atoms with van der Waals surface area (Å²) >= 11 is 0. The van der Waals surface area contributed by atoms with E-state index in [-0.39, 0.29) is 10.8 Å². The SMILES string of the molecule is CNCCNC(=O)C(C)NS(=O)(=O)c1ccc(NC(C)=O)cc1. The van der Waals surface area contributed by atoms with E-state index in [0.29, 0.717) is 18.8 Å². The van der Waals surface area contributed by atoms with Crippen molar-refractivity contribution in [2.45, 2.75) is 24.8 Å². The summed E-state index contributed by atoms with van der Waals surface area (Å²) in [6, 6.07) is 4.78. The fourth-order valence-electron chi connectivity index (χ4n) is 1.74. The summed E-state index contributed by atoms with van der Waals surface area (Å²) in [6.45, 7) is 3.83. The van der Waals surface area contributed by atoms with Gasteiger partial charge in [-0.05, 0) is 38.2 Å². The average Bonchev–Trinajstić information content (AvgIpc) is 2.46. The molecule has 0 spiro atoms. The molecule has 0 radical (unpaired) electrons. The lowest BCUT2D eigenvalue weighted by Gasteiger charge is -2.14. The number of hydrogen-bond acceptors (Lipinski definition) is 5. The van der Waals surface area contributed by atoms with Crippen molar-refractivity contribution in [1.82, 2.24) is 15.4 Å². The van der Waals surface area contributed by atoms with Crippen LogP contribution in [0.1, 0.15) is 13.8 Å². The third-order valence-corrected chi connectivity index (χ3v) is 4.44. The third kappa shape index (κ3) is 6.35. The second-order valence-electron chi connectivity index (χ2n) is 4.94. The molecule has 23 heavy (non-hydrogen) atoms. The van der Waals surface area contributed by atoms with Gasteiger partial charge in [0.05, 0.1) is 10.9 Å². The van der Waals surface area contributed by atoms with Crippen LogP contribution in [0.3, 0.4) is 0 Å². The molecular weight excluding hydrogens is 320 g/mol. The van der Waals surface area contributed by atoms with Gasteiger partial charge in [0.1, 0.15) is 0 Å². The van der Waals surface area contributed by atoms with E-state index in [9.17, 15) is 18.0 Å². The molecule has 0 fully saturated rings. The molecule has 1 aromatic rings. The minimum Gasteiger partial charge on any atom is -0.353 e. The Morgan fingerprint density at radius 1 is 1.13 bits per heavy atom. The van der Waals surface area contributed by atoms with Crippen LogP contribution in [0, 0.1) is 0 Å². The number of carbonyl (C=O) groups is 2. The van der Waals surface area contributed by atoms with E-state index < -0.39 is 22.0 Å². The Bertz CT molecular complexity index is 643. The number of hydrogen-bond donors (Lipinski definition) is 4. The number of amides is 2. The van der Waals surface area contributed by atoms with Crippen LogP contribution in [0.2, 0.25) is 0 Å². The molecular formula is C14H22N4O4S. The highest BCUT2D eigenvalue weighted by molar-refractivity contribution is 7.89. The van der Waals surface area contributed by atoms with Gasteiger partial charge in [-0.25, -0.2) is 8.42 Å². The first kappa shape index (κ1) is 19.1. The molecule has 0 bridgehead atoms. The predicted octanol–water partition coefficient (Wildman–Crippen LogP) is -0.353. The monoisotopic (exact) mass is 342 g/mol. The molecule has 4 N–H and O–H groups in total. The number of likely N-dealkylation sites (N-methyl/N-ethyl adjacent to an activating group) is 1. The molecule has 8 nitrogen and oxygen atoms in total. The van der Waals surface area contributed by atoms with Gasteiger partial charge in [-0.15, -0.1) is 0 Å². The van der Waals surface area contributed by atoms with Gasteiger partial charge >= 0.3 is 0 Å². The predicted molar refractivity (Wildman–Crippen MR) is 87.5 cm³/mol. The van der Waals surface area contributed by atoms with Crippen LogP contribution in [0.25, 0.3) is 0 Å². The van der Waals surface area contributed by atoms with Crippen LogP contribution in [0.4, 0.5) is 5.69 Å². The molecule has 0 saturated heterocycles. The fraction of sp³-hybridized carbons (Fsp3) is 0.429. The summed E-state index contributed by atoms with van der Waals surface area (Å²) in [6.07, 6.45) is 0. The van der Waals surface area contributed by atoms with Crippen molar-refractivity contribution in [1.29, 1.82) is 0 Å². The molecule has 128 valence electrons. The summed E-state index contributed by atoms with van der Waals surface area (Å²) in [5.41, 5.74) is 0.495. The first-order valence-electron chi connectivity index (χ1n) is 7.08. The zero-order chi connectivity index (χ0) is 17.5. The highest BCUT2D eigenvalue weighted by Crippen LogP contribution is 2.14. The van der Waals surface area contributed by atoms with Gasteiger partial charge in [0.25, 0.3) is 0 Å². The third-order valence-electron chi connectivity index (χ3n) is 2.88. The van der Waals surface area contributed by atoms with Crippen molar-refractivity contribution in [3.8, 4) is 0 Å². The molecule has 0 saturated carbocycles. The van der Waals surface area contributed by atoms with Crippen molar-refractivity contribution in [3.05, 3.63) is 24.3 Å². The molecule has 1 aromatic carbocycles. The van der Waals surface area contributed by atoms with Crippen molar-refractivity contribution in [2.75, 3.05) is 25.5 Å². The molecule has 0 heterocycles. The van der Waals surface area contributed by atoms with Gasteiger partial charge in [0.15, 0.2) is 0 Å². The Balaban J connectivity index is 2.71. The zero-order valence-corrected chi connectivity index (χ0v) is 14.2. The van der Waals surface area contributed by atoms with E-state index in [1.807, 2.05) is 0 Å². The first-order chi connectivity index (χ1) is 10.8. The van der Waals surface area contributed by atoms with Crippen molar-refractivity contribution < 1.29 is 18.0 Å². The van der Waals surface area contributed by atoms with E-state index in [0.717, 1.165) is 0 Å². The Morgan fingerprint density at radius 2 is 1.74 bits per heavy atom. The molecule has 9 heteroatoms. The fourth-order valence-corrected chi connectivity index (χ4v) is 2.94. The Hall–Kier alpha value is -1.97. The lowest BCUT2D eigenvalue weighted by molar-refractivity contribution is -0.122. The second kappa shape index (κ2) is 8.61. The standard InChI is InChI=1S/C14H22N4O4S/c1-10(14(20)16-9-8-15-3)18-23(21,22)13-6-4-12(5-7-13)17-11(2)19/h4-7,10,15,18H,8-9H2,1-3H3,(H,16,20)(H,17,19). The highest BCUT2D eigenvalue weighted by atomic mass is 32.2. The van der Waals surface area contributed by atoms with Gasteiger partial charge in [-0.3, -0.25) is 9.59 Å². The summed E-state index contributed by atoms with van der Waals surface area (Å²) in [4.78, 5) is 22.7. The molecule has 1 rings (SSSR count). The van der Waals surface area contributed by atoms with Crippen molar-refractivity contribution >= 4 is 27.5 Å². The van der Waals surface area contributed by atoms with Crippen LogP contribution in [-0.4, -0.2) is 46.4 Å². The van der Waals surface area contributed by atoms with Crippen LogP contribution >= 0.6 is 0 Å². The molecule has 0 aliphatic heterocycles. The topological polar surface area (TPSA) is 116 Å². The van der Waals surface area contributed by atoms with E-state index >= 15 is 0 Å². The van der Waals surface area contributed by atoms with Crippen molar-refractivity contribution in [3.63, 3.8) is 0 Å². The van der Waals surface area contributed by atoms with Crippen LogP contribution in [0.5, 0.6) is 0 Å². The molecule has 2 amide bonds. The van der Waals surface area contributed by atoms with E-state index in [4.69, 9.17) is 0 Å². The van der Waals surface area contributed by atoms with Crippen LogP contribution < -0.4 is 20.7 Å². The Morgan fingerprint density at radius 3 is 2.26 bits per heavy atom. The molecule has 1 atom stereocenters. The van der Waals surface area contributed by atoms with Gasteiger partial charge in [-0.2, -0.15) is 4.72 Å². The molecule has 0 aromatic heterocycles. The summed E-state index contributed by atoms with van der Waals surface area (Å²) in [7, 11) is -2.07. The minimum absolute atomic E-state index is 0.0153. The van der Waals surface area contributed by atoms with Crippen LogP contribution in [0.15, 0.2) is 29.2 Å². The largest absolute Gasteiger partial charge is 0.353 e. The summed E-state index contributed by atoms with van der Waals surface area (Å²) in [5.74, 6) is -0.649. The van der Waals surface area contributed by atoms with E-state index in [1.54, 1.807) is 7.05 Å². The maximum atomic E-state index is 12.2. The number of benzene rings is 1. The highest BCUT2D eigenvalue weighted by Gasteiger charge is 2.21. The van der Waals surface area contributed by atoms with Crippen molar-refractivity contribution in [2.24, 2.45) is 0 Å². The van der Waals surface area contributed by atoms with Gasteiger partial charge < -0.3 is 16.0 Å². The Labute approximate surface area is 136 Å². The number of carbonyl (C=O) groups excluding carboxylic acids is 2. The minimum atomic E-state index is -3.82. The summed E-state index contributed by atoms with van der Waals surface area (Å²) < 4.78 is 26.8. The molecule has 0 aliphatic rings. The quantitative estimate of drug-likeness (QED) is 0.482. The normalized spacial score (nSPS) is 12.5. The molecule has 1 unspecified atom stereocenters. The van der Waals surface area contributed by atoms with Crippen LogP contribution in [-0.2, 0) is 19.6 Å². The Kier molecular flexibility index (Phi) is 7.14. The van der Waals surface area contributed by atoms with Gasteiger partial charge in [-0.1, -0.05) is 0 Å². The smallest absolute Gasteiger partial charge is 0.241 e. The van der Waals surface area contributed by atoms with Gasteiger partial charge in [0, 0.05) is 25.7 Å². The van der Waals surface area contributed by atoms with Gasteiger partial charge in [0.2, 0.25) is 21.8 Å². The number of anilines is 1. The maximum Gasteiger partial charge on any atom is 0.241 e. The lowest BCUT2D eigenvalue weighted by atomic mass is 10.3. The van der Waals surface area contributed by atoms with E-state index in [1.165, 1.54) is 38.1 Å². The number of sulfonamides is 1.